The minimum atomic E-state index is -4.97. The summed E-state index contributed by atoms with van der Waals surface area (Å²) in [6, 6.07) is 14.5. The molecular formula is C18H13ClF3NO2. The van der Waals surface area contributed by atoms with Crippen molar-refractivity contribution in [2.24, 2.45) is 0 Å². The molecule has 0 aliphatic carbocycles. The molecule has 0 N–H and O–H groups in total. The zero-order chi connectivity index (χ0) is 18.4. The predicted molar refractivity (Wildman–Crippen MR) is 89.8 cm³/mol. The van der Waals surface area contributed by atoms with Crippen LogP contribution in [0.15, 0.2) is 66.9 Å². The number of Topliss-reactive ketones (excluding diaryl/α,β-unsaturated/α-hetero) is 1. The molecule has 0 bridgehead atoms. The van der Waals surface area contributed by atoms with Crippen LogP contribution in [0.1, 0.15) is 10.4 Å². The lowest BCUT2D eigenvalue weighted by molar-refractivity contribution is -0.165. The Morgan fingerprint density at radius 1 is 1.00 bits per heavy atom. The number of alkyl halides is 3. The third-order valence-electron chi connectivity index (χ3n) is 3.25. The molecule has 2 aromatic rings. The fourth-order valence-electron chi connectivity index (χ4n) is 1.98. The highest BCUT2D eigenvalue weighted by Gasteiger charge is 2.36. The van der Waals surface area contributed by atoms with Crippen LogP contribution >= 0.6 is 11.6 Å². The van der Waals surface area contributed by atoms with Gasteiger partial charge >= 0.3 is 6.18 Å². The topological polar surface area (TPSA) is 37.4 Å². The van der Waals surface area contributed by atoms with Crippen molar-refractivity contribution in [3.63, 3.8) is 0 Å². The zero-order valence-electron chi connectivity index (χ0n) is 12.8. The fourth-order valence-corrected chi connectivity index (χ4v) is 2.11. The van der Waals surface area contributed by atoms with Crippen molar-refractivity contribution < 1.29 is 22.8 Å². The van der Waals surface area contributed by atoms with E-state index in [0.29, 0.717) is 22.3 Å². The Bertz CT molecular complexity index is 771. The van der Waals surface area contributed by atoms with E-state index in [0.717, 1.165) is 6.20 Å². The van der Waals surface area contributed by atoms with Crippen LogP contribution in [0, 0.1) is 0 Å². The Balaban J connectivity index is 2.26. The van der Waals surface area contributed by atoms with Gasteiger partial charge < -0.3 is 4.90 Å². The van der Waals surface area contributed by atoms with Crippen molar-refractivity contribution in [3.8, 4) is 0 Å². The molecule has 0 spiro atoms. The molecule has 130 valence electrons. The third-order valence-corrected chi connectivity index (χ3v) is 3.51. The second-order valence-electron chi connectivity index (χ2n) is 5.07. The molecule has 0 saturated carbocycles. The maximum absolute atomic E-state index is 12.4. The number of hydrogen-bond donors (Lipinski definition) is 0. The lowest BCUT2D eigenvalue weighted by Crippen LogP contribution is -2.26. The van der Waals surface area contributed by atoms with Crippen molar-refractivity contribution >= 4 is 28.9 Å². The first-order valence-electron chi connectivity index (χ1n) is 7.17. The highest BCUT2D eigenvalue weighted by atomic mass is 35.5. The summed E-state index contributed by atoms with van der Waals surface area (Å²) in [6.45, 7) is -0.229. The van der Waals surface area contributed by atoms with Crippen LogP contribution in [-0.2, 0) is 4.79 Å². The van der Waals surface area contributed by atoms with Crippen LogP contribution < -0.4 is 4.90 Å². The van der Waals surface area contributed by atoms with Gasteiger partial charge in [-0.3, -0.25) is 9.59 Å². The monoisotopic (exact) mass is 367 g/mol. The van der Waals surface area contributed by atoms with Crippen LogP contribution in [0.25, 0.3) is 0 Å². The summed E-state index contributed by atoms with van der Waals surface area (Å²) < 4.78 is 37.1. The Kier molecular flexibility index (Phi) is 5.98. The first kappa shape index (κ1) is 18.7. The van der Waals surface area contributed by atoms with Gasteiger partial charge in [-0.2, -0.15) is 13.2 Å². The standard InChI is InChI=1S/C18H13ClF3NO2/c19-14-6-8-15(9-7-14)23(11-10-17(25)18(20,21)22)12-16(24)13-4-2-1-3-5-13/h1-11H,12H2/b11-10+. The number of allylic oxidation sites excluding steroid dienone is 1. The van der Waals surface area contributed by atoms with E-state index in [1.54, 1.807) is 42.5 Å². The predicted octanol–water partition coefficient (Wildman–Crippen LogP) is 4.67. The van der Waals surface area contributed by atoms with Crippen molar-refractivity contribution in [1.82, 2.24) is 0 Å². The SMILES string of the molecule is O=C(CN(/C=C/C(=O)C(F)(F)F)c1ccc(Cl)cc1)c1ccccc1. The first-order chi connectivity index (χ1) is 11.8. The average molecular weight is 368 g/mol. The van der Waals surface area contributed by atoms with Gasteiger partial charge in [0.2, 0.25) is 0 Å². The van der Waals surface area contributed by atoms with E-state index in [-0.39, 0.29) is 12.3 Å². The van der Waals surface area contributed by atoms with Crippen molar-refractivity contribution in [2.75, 3.05) is 11.4 Å². The molecule has 0 radical (unpaired) electrons. The number of halogens is 4. The van der Waals surface area contributed by atoms with E-state index in [1.807, 2.05) is 0 Å². The number of hydrogen-bond acceptors (Lipinski definition) is 3. The summed E-state index contributed by atoms with van der Waals surface area (Å²) in [5.41, 5.74) is 0.844. The van der Waals surface area contributed by atoms with Gasteiger partial charge in [-0.25, -0.2) is 0 Å². The molecule has 0 amide bonds. The summed E-state index contributed by atoms with van der Waals surface area (Å²) >= 11 is 5.80. The summed E-state index contributed by atoms with van der Waals surface area (Å²) in [4.78, 5) is 24.7. The van der Waals surface area contributed by atoms with Gasteiger partial charge in [-0.05, 0) is 24.3 Å². The molecule has 0 fully saturated rings. The van der Waals surface area contributed by atoms with Crippen LogP contribution in [0.3, 0.4) is 0 Å². The number of rotatable bonds is 6. The normalized spacial score (nSPS) is 11.5. The largest absolute Gasteiger partial charge is 0.454 e. The van der Waals surface area contributed by atoms with Crippen LogP contribution in [-0.4, -0.2) is 24.3 Å². The Labute approximate surface area is 147 Å². The fraction of sp³-hybridized carbons (Fsp3) is 0.111. The van der Waals surface area contributed by atoms with Gasteiger partial charge in [0.1, 0.15) is 0 Å². The van der Waals surface area contributed by atoms with E-state index >= 15 is 0 Å². The minimum absolute atomic E-state index is 0.229. The molecule has 25 heavy (non-hydrogen) atoms. The number of benzene rings is 2. The van der Waals surface area contributed by atoms with E-state index in [4.69, 9.17) is 11.6 Å². The molecule has 0 saturated heterocycles. The minimum Gasteiger partial charge on any atom is -0.340 e. The number of carbonyl (C=O) groups excluding carboxylic acids is 2. The summed E-state index contributed by atoms with van der Waals surface area (Å²) in [6.07, 6.45) is -3.63. The maximum Gasteiger partial charge on any atom is 0.454 e. The van der Waals surface area contributed by atoms with Gasteiger partial charge in [0.05, 0.1) is 6.54 Å². The molecule has 3 nitrogen and oxygen atoms in total. The lowest BCUT2D eigenvalue weighted by Gasteiger charge is -2.20. The molecule has 0 atom stereocenters. The molecule has 0 aromatic heterocycles. The second-order valence-corrected chi connectivity index (χ2v) is 5.51. The van der Waals surface area contributed by atoms with E-state index in [2.05, 4.69) is 0 Å². The molecule has 0 heterocycles. The maximum atomic E-state index is 12.4. The highest BCUT2D eigenvalue weighted by Crippen LogP contribution is 2.21. The van der Waals surface area contributed by atoms with Gasteiger partial charge in [0.25, 0.3) is 5.78 Å². The molecule has 0 aliphatic rings. The van der Waals surface area contributed by atoms with Crippen molar-refractivity contribution in [2.45, 2.75) is 6.18 Å². The van der Waals surface area contributed by atoms with E-state index in [1.165, 1.54) is 17.0 Å². The number of ketones is 2. The summed E-state index contributed by atoms with van der Waals surface area (Å²) in [5.74, 6) is -2.31. The summed E-state index contributed by atoms with van der Waals surface area (Å²) in [7, 11) is 0. The summed E-state index contributed by atoms with van der Waals surface area (Å²) in [5, 5.41) is 0.438. The van der Waals surface area contributed by atoms with E-state index in [9.17, 15) is 22.8 Å². The first-order valence-corrected chi connectivity index (χ1v) is 7.55. The molecule has 2 aromatic carbocycles. The van der Waals surface area contributed by atoms with E-state index < -0.39 is 12.0 Å². The Morgan fingerprint density at radius 2 is 1.60 bits per heavy atom. The van der Waals surface area contributed by atoms with Gasteiger partial charge in [-0.1, -0.05) is 41.9 Å². The Morgan fingerprint density at radius 3 is 2.16 bits per heavy atom. The Hall–Kier alpha value is -2.60. The van der Waals surface area contributed by atoms with Gasteiger partial charge in [0.15, 0.2) is 5.78 Å². The number of carbonyl (C=O) groups is 2. The molecule has 7 heteroatoms. The number of anilines is 1. The van der Waals surface area contributed by atoms with Crippen molar-refractivity contribution in [3.05, 3.63) is 77.5 Å². The molecule has 2 rings (SSSR count). The molecular weight excluding hydrogens is 355 g/mol. The second kappa shape index (κ2) is 7.98. The lowest BCUT2D eigenvalue weighted by atomic mass is 10.1. The number of nitrogens with zero attached hydrogens (tertiary/aromatic N) is 1. The van der Waals surface area contributed by atoms with Crippen molar-refractivity contribution in [1.29, 1.82) is 0 Å². The zero-order valence-corrected chi connectivity index (χ0v) is 13.6. The molecule has 0 unspecified atom stereocenters. The third kappa shape index (κ3) is 5.46. The highest BCUT2D eigenvalue weighted by molar-refractivity contribution is 6.30. The van der Waals surface area contributed by atoms with Crippen LogP contribution in [0.4, 0.5) is 18.9 Å². The van der Waals surface area contributed by atoms with Gasteiger partial charge in [0, 0.05) is 28.5 Å². The quantitative estimate of drug-likeness (QED) is 0.550. The average Bonchev–Trinajstić information content (AvgIpc) is 2.58. The smallest absolute Gasteiger partial charge is 0.340 e. The van der Waals surface area contributed by atoms with Crippen LogP contribution in [0.5, 0.6) is 0 Å². The molecule has 0 aliphatic heterocycles. The van der Waals surface area contributed by atoms with Gasteiger partial charge in [-0.15, -0.1) is 0 Å². The van der Waals surface area contributed by atoms with Crippen LogP contribution in [0.2, 0.25) is 5.02 Å².